The van der Waals surface area contributed by atoms with Crippen LogP contribution in [0.25, 0.3) is 0 Å². The van der Waals surface area contributed by atoms with Gasteiger partial charge < -0.3 is 10.6 Å². The van der Waals surface area contributed by atoms with Crippen LogP contribution in [0, 0.1) is 0 Å². The highest BCUT2D eigenvalue weighted by Crippen LogP contribution is 2.28. The molecule has 3 heteroatoms. The first-order valence-electron chi connectivity index (χ1n) is 6.61. The van der Waals surface area contributed by atoms with E-state index in [2.05, 4.69) is 13.8 Å². The molecule has 94 valence electrons. The Morgan fingerprint density at radius 2 is 1.75 bits per heavy atom. The third-order valence-electron chi connectivity index (χ3n) is 3.98. The third kappa shape index (κ3) is 2.76. The Balaban J connectivity index is 2.67. The molecular weight excluding hydrogens is 200 g/mol. The Labute approximate surface area is 99.4 Å². The smallest absolute Gasteiger partial charge is 0.242 e. The predicted octanol–water partition coefficient (Wildman–Crippen LogP) is 2.29. The first-order valence-corrected chi connectivity index (χ1v) is 6.61. The fraction of sp³-hybridized carbons (Fsp3) is 0.923. The molecule has 1 aliphatic carbocycles. The van der Waals surface area contributed by atoms with Gasteiger partial charge in [-0.1, -0.05) is 33.1 Å². The molecule has 0 radical (unpaired) electrons. The highest BCUT2D eigenvalue weighted by molar-refractivity contribution is 5.86. The van der Waals surface area contributed by atoms with Gasteiger partial charge in [-0.25, -0.2) is 0 Å². The lowest BCUT2D eigenvalue weighted by Crippen LogP contribution is -2.57. The molecule has 1 saturated carbocycles. The molecule has 0 aromatic rings. The minimum atomic E-state index is -0.574. The molecule has 2 N–H and O–H groups in total. The second-order valence-corrected chi connectivity index (χ2v) is 5.10. The summed E-state index contributed by atoms with van der Waals surface area (Å²) in [5, 5.41) is 0. The van der Waals surface area contributed by atoms with Gasteiger partial charge in [-0.2, -0.15) is 0 Å². The number of nitrogens with two attached hydrogens (primary N) is 1. The minimum absolute atomic E-state index is 0.154. The summed E-state index contributed by atoms with van der Waals surface area (Å²) in [4.78, 5) is 14.3. The largest absolute Gasteiger partial charge is 0.341 e. The van der Waals surface area contributed by atoms with Gasteiger partial charge in [0.1, 0.15) is 0 Å². The van der Waals surface area contributed by atoms with Gasteiger partial charge in [0.2, 0.25) is 5.91 Å². The van der Waals surface area contributed by atoms with Crippen LogP contribution in [-0.2, 0) is 4.79 Å². The molecule has 0 spiro atoms. The van der Waals surface area contributed by atoms with Crippen molar-refractivity contribution >= 4 is 5.91 Å². The fourth-order valence-electron chi connectivity index (χ4n) is 2.75. The molecule has 0 unspecified atom stereocenters. The molecule has 1 aliphatic rings. The van der Waals surface area contributed by atoms with Crippen LogP contribution in [0.15, 0.2) is 0 Å². The minimum Gasteiger partial charge on any atom is -0.341 e. The molecule has 0 aromatic carbocycles. The Bertz CT molecular complexity index is 230. The number of nitrogens with zero attached hydrogens (tertiary/aromatic N) is 1. The second-order valence-electron chi connectivity index (χ2n) is 5.10. The average Bonchev–Trinajstić information content (AvgIpc) is 2.30. The maximum absolute atomic E-state index is 12.4. The SMILES string of the molecule is CCC(CC)N(C)C(=O)C1(N)CCCCC1. The van der Waals surface area contributed by atoms with Crippen LogP contribution in [0.1, 0.15) is 58.8 Å². The van der Waals surface area contributed by atoms with Crippen molar-refractivity contribution in [2.45, 2.75) is 70.4 Å². The summed E-state index contributed by atoms with van der Waals surface area (Å²) in [5.74, 6) is 0.154. The first-order chi connectivity index (χ1) is 7.55. The average molecular weight is 226 g/mol. The lowest BCUT2D eigenvalue weighted by atomic mass is 9.81. The molecule has 0 bridgehead atoms. The van der Waals surface area contributed by atoms with Gasteiger partial charge in [0, 0.05) is 13.1 Å². The van der Waals surface area contributed by atoms with Crippen LogP contribution in [0.4, 0.5) is 0 Å². The summed E-state index contributed by atoms with van der Waals surface area (Å²) in [6.07, 6.45) is 7.15. The van der Waals surface area contributed by atoms with Crippen molar-refractivity contribution in [1.29, 1.82) is 0 Å². The van der Waals surface area contributed by atoms with Crippen molar-refractivity contribution in [3.8, 4) is 0 Å². The number of hydrogen-bond donors (Lipinski definition) is 1. The first kappa shape index (κ1) is 13.5. The monoisotopic (exact) mass is 226 g/mol. The van der Waals surface area contributed by atoms with Crippen molar-refractivity contribution < 1.29 is 4.79 Å². The van der Waals surface area contributed by atoms with E-state index >= 15 is 0 Å². The molecule has 0 atom stereocenters. The third-order valence-corrected chi connectivity index (χ3v) is 3.98. The number of carbonyl (C=O) groups excluding carboxylic acids is 1. The highest BCUT2D eigenvalue weighted by atomic mass is 16.2. The molecule has 1 amide bonds. The van der Waals surface area contributed by atoms with E-state index in [-0.39, 0.29) is 5.91 Å². The summed E-state index contributed by atoms with van der Waals surface area (Å²) in [6, 6.07) is 0.342. The van der Waals surface area contributed by atoms with Gasteiger partial charge in [-0.05, 0) is 25.7 Å². The molecule has 0 saturated heterocycles. The number of hydrogen-bond acceptors (Lipinski definition) is 2. The Morgan fingerprint density at radius 3 is 2.19 bits per heavy atom. The van der Waals surface area contributed by atoms with Crippen LogP contribution in [0.3, 0.4) is 0 Å². The van der Waals surface area contributed by atoms with Crippen molar-refractivity contribution in [3.05, 3.63) is 0 Å². The molecule has 3 nitrogen and oxygen atoms in total. The van der Waals surface area contributed by atoms with Gasteiger partial charge in [0.15, 0.2) is 0 Å². The van der Waals surface area contributed by atoms with Crippen LogP contribution in [0.2, 0.25) is 0 Å². The Kier molecular flexibility index (Phi) is 4.78. The molecular formula is C13H26N2O. The molecule has 1 rings (SSSR count). The van der Waals surface area contributed by atoms with Crippen molar-refractivity contribution in [1.82, 2.24) is 4.90 Å². The van der Waals surface area contributed by atoms with E-state index in [4.69, 9.17) is 5.73 Å². The quantitative estimate of drug-likeness (QED) is 0.799. The van der Waals surface area contributed by atoms with E-state index in [1.165, 1.54) is 6.42 Å². The van der Waals surface area contributed by atoms with Crippen LogP contribution < -0.4 is 5.73 Å². The lowest BCUT2D eigenvalue weighted by Gasteiger charge is -2.38. The molecule has 16 heavy (non-hydrogen) atoms. The van der Waals surface area contributed by atoms with Gasteiger partial charge in [0.05, 0.1) is 5.54 Å². The van der Waals surface area contributed by atoms with E-state index in [0.29, 0.717) is 6.04 Å². The van der Waals surface area contributed by atoms with E-state index in [0.717, 1.165) is 38.5 Å². The molecule has 0 aromatic heterocycles. The standard InChI is InChI=1S/C13H26N2O/c1-4-11(5-2)15(3)12(16)13(14)9-7-6-8-10-13/h11H,4-10,14H2,1-3H3. The summed E-state index contributed by atoms with van der Waals surface area (Å²) in [6.45, 7) is 4.25. The number of likely N-dealkylation sites (N-methyl/N-ethyl adjacent to an activating group) is 1. The Morgan fingerprint density at radius 1 is 1.25 bits per heavy atom. The lowest BCUT2D eigenvalue weighted by molar-refractivity contribution is -0.139. The fourth-order valence-corrected chi connectivity index (χ4v) is 2.75. The summed E-state index contributed by atoms with van der Waals surface area (Å²) < 4.78 is 0. The van der Waals surface area contributed by atoms with E-state index in [9.17, 15) is 4.79 Å². The Hall–Kier alpha value is -0.570. The maximum atomic E-state index is 12.4. The van der Waals surface area contributed by atoms with E-state index in [1.807, 2.05) is 11.9 Å². The highest BCUT2D eigenvalue weighted by Gasteiger charge is 2.38. The number of carbonyl (C=O) groups is 1. The van der Waals surface area contributed by atoms with Gasteiger partial charge in [0.25, 0.3) is 0 Å². The van der Waals surface area contributed by atoms with E-state index < -0.39 is 5.54 Å². The molecule has 0 heterocycles. The molecule has 0 aliphatic heterocycles. The van der Waals surface area contributed by atoms with Crippen LogP contribution >= 0.6 is 0 Å². The van der Waals surface area contributed by atoms with Gasteiger partial charge in [-0.3, -0.25) is 4.79 Å². The summed E-state index contributed by atoms with van der Waals surface area (Å²) in [5.41, 5.74) is 5.69. The normalized spacial score (nSPS) is 19.8. The predicted molar refractivity (Wildman–Crippen MR) is 67.1 cm³/mol. The molecule has 1 fully saturated rings. The topological polar surface area (TPSA) is 46.3 Å². The van der Waals surface area contributed by atoms with Crippen molar-refractivity contribution in [2.75, 3.05) is 7.05 Å². The van der Waals surface area contributed by atoms with Crippen molar-refractivity contribution in [2.24, 2.45) is 5.73 Å². The van der Waals surface area contributed by atoms with Crippen molar-refractivity contribution in [3.63, 3.8) is 0 Å². The van der Waals surface area contributed by atoms with Gasteiger partial charge >= 0.3 is 0 Å². The van der Waals surface area contributed by atoms with Crippen LogP contribution in [-0.4, -0.2) is 29.4 Å². The zero-order valence-corrected chi connectivity index (χ0v) is 11.0. The van der Waals surface area contributed by atoms with E-state index in [1.54, 1.807) is 0 Å². The zero-order valence-electron chi connectivity index (χ0n) is 11.0. The number of rotatable bonds is 4. The number of amides is 1. The summed E-state index contributed by atoms with van der Waals surface area (Å²) in [7, 11) is 1.91. The van der Waals surface area contributed by atoms with Gasteiger partial charge in [-0.15, -0.1) is 0 Å². The maximum Gasteiger partial charge on any atom is 0.242 e. The van der Waals surface area contributed by atoms with Crippen LogP contribution in [0.5, 0.6) is 0 Å². The zero-order chi connectivity index (χ0) is 12.2. The summed E-state index contributed by atoms with van der Waals surface area (Å²) >= 11 is 0. The second kappa shape index (κ2) is 5.67.